The number of nitrogens with one attached hydrogen (secondary N) is 3. The van der Waals surface area contributed by atoms with Gasteiger partial charge in [0.05, 0.1) is 17.5 Å². The van der Waals surface area contributed by atoms with Crippen LogP contribution in [-0.4, -0.2) is 26.1 Å². The summed E-state index contributed by atoms with van der Waals surface area (Å²) in [5, 5.41) is 21.7. The number of phenols is 1. The zero-order valence-electron chi connectivity index (χ0n) is 17.3. The first-order chi connectivity index (χ1) is 15.9. The monoisotopic (exact) mass is 464 g/mol. The average molecular weight is 465 g/mol. The van der Waals surface area contributed by atoms with Gasteiger partial charge in [0.15, 0.2) is 0 Å². The van der Waals surface area contributed by atoms with E-state index < -0.39 is 17.7 Å². The number of halogens is 1. The van der Waals surface area contributed by atoms with Crippen LogP contribution in [0.1, 0.15) is 29.0 Å². The fourth-order valence-electron chi connectivity index (χ4n) is 3.48. The first-order valence-corrected chi connectivity index (χ1v) is 10.5. The molecule has 0 unspecified atom stereocenters. The Labute approximate surface area is 193 Å². The van der Waals surface area contributed by atoms with Crippen LogP contribution >= 0.6 is 11.6 Å². The van der Waals surface area contributed by atoms with Crippen LogP contribution in [0.2, 0.25) is 5.02 Å². The molecule has 9 heteroatoms. The number of H-pyrrole nitrogens is 1. The van der Waals surface area contributed by atoms with Crippen LogP contribution in [0.3, 0.4) is 0 Å². The lowest BCUT2D eigenvalue weighted by atomic mass is 9.99. The van der Waals surface area contributed by atoms with Gasteiger partial charge in [-0.1, -0.05) is 60.1 Å². The Morgan fingerprint density at radius 2 is 1.79 bits per heavy atom. The van der Waals surface area contributed by atoms with Gasteiger partial charge >= 0.3 is 0 Å². The normalized spacial score (nSPS) is 12.9. The van der Waals surface area contributed by atoms with Crippen molar-refractivity contribution in [3.63, 3.8) is 0 Å². The number of aliphatic hydroxyl groups excluding tert-OH is 1. The number of benzene rings is 3. The van der Waals surface area contributed by atoms with Crippen molar-refractivity contribution in [1.29, 1.82) is 0 Å². The molecule has 0 aliphatic rings. The maximum absolute atomic E-state index is 12.9. The highest BCUT2D eigenvalue weighted by molar-refractivity contribution is 6.31. The second-order valence-electron chi connectivity index (χ2n) is 7.45. The van der Waals surface area contributed by atoms with Crippen LogP contribution < -0.4 is 16.4 Å². The summed E-state index contributed by atoms with van der Waals surface area (Å²) in [4.78, 5) is 32.4. The van der Waals surface area contributed by atoms with E-state index >= 15 is 0 Å². The van der Waals surface area contributed by atoms with Gasteiger partial charge < -0.3 is 15.2 Å². The quantitative estimate of drug-likeness (QED) is 0.268. The molecule has 3 aromatic carbocycles. The molecule has 4 aromatic rings. The topological polar surface area (TPSA) is 127 Å². The summed E-state index contributed by atoms with van der Waals surface area (Å²) >= 11 is 5.99. The summed E-state index contributed by atoms with van der Waals surface area (Å²) in [7, 11) is 0. The van der Waals surface area contributed by atoms with Crippen LogP contribution in [0.4, 0.5) is 0 Å². The van der Waals surface area contributed by atoms with E-state index in [9.17, 15) is 19.8 Å². The Balaban J connectivity index is 1.67. The number of amides is 1. The number of hydrogen-bond acceptors (Lipinski definition) is 6. The zero-order valence-corrected chi connectivity index (χ0v) is 18.1. The fourth-order valence-corrected chi connectivity index (χ4v) is 3.65. The van der Waals surface area contributed by atoms with E-state index in [2.05, 4.69) is 20.8 Å². The number of aromatic nitrogens is 2. The molecule has 1 aromatic heterocycles. The number of carbonyl (C=O) groups excluding carboxylic acids is 1. The van der Waals surface area contributed by atoms with Crippen molar-refractivity contribution in [2.75, 3.05) is 0 Å². The smallest absolute Gasteiger partial charge is 0.271 e. The molecule has 33 heavy (non-hydrogen) atoms. The molecule has 0 spiro atoms. The number of rotatable bonds is 7. The molecule has 1 heterocycles. The third kappa shape index (κ3) is 5.20. The van der Waals surface area contributed by atoms with Gasteiger partial charge in [0.2, 0.25) is 5.91 Å². The Bertz CT molecular complexity index is 1340. The standard InChI is InChI=1S/C24H21ClN4O4/c25-15-10-11-17-18(13-15)27-24(33)22(26-17)21(23(32)16-8-4-5-9-19(16)30)29-28-20(31)12-14-6-2-1-3-7-14/h1-11,13,21,23,29-30,32H,12H2,(H,27,33)(H,28,31)/t21-,23-/m0/s1. The molecule has 0 saturated heterocycles. The van der Waals surface area contributed by atoms with E-state index in [1.54, 1.807) is 30.3 Å². The van der Waals surface area contributed by atoms with Crippen LogP contribution in [-0.2, 0) is 11.2 Å². The number of aliphatic hydroxyl groups is 1. The number of hydrogen-bond donors (Lipinski definition) is 5. The fraction of sp³-hybridized carbons (Fsp3) is 0.125. The zero-order chi connectivity index (χ0) is 23.4. The predicted octanol–water partition coefficient (Wildman–Crippen LogP) is 2.92. The number of carbonyl (C=O) groups is 1. The third-order valence-electron chi connectivity index (χ3n) is 5.12. The predicted molar refractivity (Wildman–Crippen MR) is 125 cm³/mol. The minimum Gasteiger partial charge on any atom is -0.508 e. The van der Waals surface area contributed by atoms with Crippen molar-refractivity contribution in [1.82, 2.24) is 20.8 Å². The molecule has 2 atom stereocenters. The molecular weight excluding hydrogens is 444 g/mol. The van der Waals surface area contributed by atoms with E-state index in [0.29, 0.717) is 16.1 Å². The summed E-state index contributed by atoms with van der Waals surface area (Å²) < 4.78 is 0. The minimum atomic E-state index is -1.40. The molecule has 0 aliphatic carbocycles. The summed E-state index contributed by atoms with van der Waals surface area (Å²) in [5.74, 6) is -0.531. The molecule has 0 radical (unpaired) electrons. The largest absolute Gasteiger partial charge is 0.508 e. The summed E-state index contributed by atoms with van der Waals surface area (Å²) in [6, 6.07) is 19.0. The van der Waals surface area contributed by atoms with Gasteiger partial charge in [0.25, 0.3) is 5.56 Å². The van der Waals surface area contributed by atoms with Crippen molar-refractivity contribution in [2.45, 2.75) is 18.6 Å². The SMILES string of the molecule is O=C(Cc1ccccc1)NN[C@@H](c1nc2ccc(Cl)cc2[nH]c1=O)[C@@H](O)c1ccccc1O. The first-order valence-electron chi connectivity index (χ1n) is 10.2. The lowest BCUT2D eigenvalue weighted by Gasteiger charge is -2.24. The van der Waals surface area contributed by atoms with E-state index in [0.717, 1.165) is 5.56 Å². The molecule has 168 valence electrons. The highest BCUT2D eigenvalue weighted by Gasteiger charge is 2.29. The highest BCUT2D eigenvalue weighted by atomic mass is 35.5. The molecule has 0 aliphatic heterocycles. The third-order valence-corrected chi connectivity index (χ3v) is 5.36. The number of para-hydroxylation sites is 1. The van der Waals surface area contributed by atoms with Crippen molar-refractivity contribution >= 4 is 28.5 Å². The Kier molecular flexibility index (Phi) is 6.69. The van der Waals surface area contributed by atoms with E-state index in [1.165, 1.54) is 12.1 Å². The number of phenolic OH excluding ortho intramolecular Hbond substituents is 1. The molecule has 0 fully saturated rings. The summed E-state index contributed by atoms with van der Waals surface area (Å²) in [6.45, 7) is 0. The number of aromatic amines is 1. The Morgan fingerprint density at radius 1 is 1.06 bits per heavy atom. The second-order valence-corrected chi connectivity index (χ2v) is 7.89. The first kappa shape index (κ1) is 22.5. The Morgan fingerprint density at radius 3 is 2.55 bits per heavy atom. The van der Waals surface area contributed by atoms with Crippen LogP contribution in [0.5, 0.6) is 5.75 Å². The van der Waals surface area contributed by atoms with Crippen LogP contribution in [0.25, 0.3) is 11.0 Å². The van der Waals surface area contributed by atoms with Gasteiger partial charge in [-0.05, 0) is 29.8 Å². The van der Waals surface area contributed by atoms with Gasteiger partial charge in [-0.15, -0.1) is 0 Å². The van der Waals surface area contributed by atoms with Gasteiger partial charge in [0.1, 0.15) is 23.6 Å². The number of fused-ring (bicyclic) bond motifs is 1. The van der Waals surface area contributed by atoms with Gasteiger partial charge in [-0.2, -0.15) is 0 Å². The lowest BCUT2D eigenvalue weighted by molar-refractivity contribution is -0.121. The number of hydrazine groups is 1. The van der Waals surface area contributed by atoms with E-state index in [1.807, 2.05) is 30.3 Å². The summed E-state index contributed by atoms with van der Waals surface area (Å²) in [6.07, 6.45) is -1.31. The van der Waals surface area contributed by atoms with Crippen molar-refractivity contribution in [3.05, 3.63) is 105 Å². The number of aromatic hydroxyl groups is 1. The average Bonchev–Trinajstić information content (AvgIpc) is 2.80. The van der Waals surface area contributed by atoms with Crippen LogP contribution in [0.15, 0.2) is 77.6 Å². The van der Waals surface area contributed by atoms with Crippen LogP contribution in [0, 0.1) is 0 Å². The summed E-state index contributed by atoms with van der Waals surface area (Å²) in [5.41, 5.74) is 6.47. The minimum absolute atomic E-state index is 0.0689. The number of nitrogens with zero attached hydrogens (tertiary/aromatic N) is 1. The van der Waals surface area contributed by atoms with Gasteiger partial charge in [0, 0.05) is 10.6 Å². The van der Waals surface area contributed by atoms with Gasteiger partial charge in [-0.3, -0.25) is 15.0 Å². The molecule has 5 N–H and O–H groups in total. The molecular formula is C24H21ClN4O4. The maximum atomic E-state index is 12.9. The molecule has 4 rings (SSSR count). The molecule has 1 amide bonds. The molecule has 0 bridgehead atoms. The molecule has 8 nitrogen and oxygen atoms in total. The molecule has 0 saturated carbocycles. The highest BCUT2D eigenvalue weighted by Crippen LogP contribution is 2.32. The van der Waals surface area contributed by atoms with E-state index in [4.69, 9.17) is 11.6 Å². The van der Waals surface area contributed by atoms with Gasteiger partial charge in [-0.25, -0.2) is 10.4 Å². The lowest BCUT2D eigenvalue weighted by Crippen LogP contribution is -2.45. The van der Waals surface area contributed by atoms with Crippen molar-refractivity contribution in [3.8, 4) is 5.75 Å². The van der Waals surface area contributed by atoms with E-state index in [-0.39, 0.29) is 29.3 Å². The van der Waals surface area contributed by atoms with Crippen molar-refractivity contribution in [2.24, 2.45) is 0 Å². The Hall–Kier alpha value is -3.72. The second kappa shape index (κ2) is 9.83. The van der Waals surface area contributed by atoms with Crippen molar-refractivity contribution < 1.29 is 15.0 Å². The maximum Gasteiger partial charge on any atom is 0.271 e.